The number of sulfone groups is 1. The monoisotopic (exact) mass is 270 g/mol. The van der Waals surface area contributed by atoms with E-state index >= 15 is 0 Å². The Labute approximate surface area is 96.8 Å². The quantitative estimate of drug-likeness (QED) is 0.648. The van der Waals surface area contributed by atoms with E-state index in [2.05, 4.69) is 10.0 Å². The van der Waals surface area contributed by atoms with Crippen molar-refractivity contribution in [3.8, 4) is 0 Å². The average molecular weight is 270 g/mol. The highest BCUT2D eigenvalue weighted by atomic mass is 32.2. The molecule has 0 radical (unpaired) electrons. The number of piperidine rings is 1. The molecule has 1 heterocycles. The van der Waals surface area contributed by atoms with Crippen LogP contribution in [0.1, 0.15) is 12.8 Å². The van der Waals surface area contributed by atoms with E-state index in [4.69, 9.17) is 0 Å². The van der Waals surface area contributed by atoms with Crippen molar-refractivity contribution >= 4 is 19.9 Å². The Hall–Kier alpha value is -0.180. The molecule has 0 amide bonds. The van der Waals surface area contributed by atoms with Crippen LogP contribution in [0, 0.1) is 0 Å². The molecule has 0 aromatic carbocycles. The fraction of sp³-hybridized carbons (Fsp3) is 1.00. The van der Waals surface area contributed by atoms with Crippen molar-refractivity contribution in [2.24, 2.45) is 0 Å². The van der Waals surface area contributed by atoms with Crippen molar-refractivity contribution in [2.45, 2.75) is 18.1 Å². The molecule has 0 aliphatic carbocycles. The van der Waals surface area contributed by atoms with Crippen molar-refractivity contribution in [3.05, 3.63) is 0 Å². The first-order valence-corrected chi connectivity index (χ1v) is 8.79. The van der Waals surface area contributed by atoms with Gasteiger partial charge in [0, 0.05) is 12.8 Å². The molecule has 1 aliphatic heterocycles. The maximum atomic E-state index is 11.7. The fourth-order valence-electron chi connectivity index (χ4n) is 1.59. The van der Waals surface area contributed by atoms with Gasteiger partial charge in [-0.25, -0.2) is 21.6 Å². The summed E-state index contributed by atoms with van der Waals surface area (Å²) in [5, 5.41) is 2.68. The fourth-order valence-corrected chi connectivity index (χ4v) is 3.67. The second kappa shape index (κ2) is 5.44. The number of hydrogen-bond donors (Lipinski definition) is 2. The summed E-state index contributed by atoms with van der Waals surface area (Å²) in [5.74, 6) is -0.156. The topological polar surface area (TPSA) is 92.3 Å². The molecule has 0 bridgehead atoms. The minimum Gasteiger partial charge on any atom is -0.317 e. The average Bonchev–Trinajstić information content (AvgIpc) is 2.17. The molecule has 1 aliphatic rings. The van der Waals surface area contributed by atoms with Gasteiger partial charge in [0.05, 0.1) is 11.0 Å². The molecule has 0 spiro atoms. The van der Waals surface area contributed by atoms with E-state index in [0.29, 0.717) is 25.9 Å². The maximum Gasteiger partial charge on any atom is 0.214 e. The molecule has 2 N–H and O–H groups in total. The highest BCUT2D eigenvalue weighted by Crippen LogP contribution is 2.11. The van der Waals surface area contributed by atoms with Crippen LogP contribution < -0.4 is 10.0 Å². The highest BCUT2D eigenvalue weighted by molar-refractivity contribution is 7.91. The van der Waals surface area contributed by atoms with Crippen LogP contribution in [0.2, 0.25) is 0 Å². The largest absolute Gasteiger partial charge is 0.317 e. The molecule has 0 unspecified atom stereocenters. The van der Waals surface area contributed by atoms with Crippen LogP contribution in [-0.2, 0) is 19.9 Å². The van der Waals surface area contributed by atoms with E-state index in [1.807, 2.05) is 0 Å². The predicted molar refractivity (Wildman–Crippen MR) is 62.5 cm³/mol. The maximum absolute atomic E-state index is 11.7. The summed E-state index contributed by atoms with van der Waals surface area (Å²) in [6.07, 6.45) is 2.24. The lowest BCUT2D eigenvalue weighted by Crippen LogP contribution is -2.42. The number of nitrogens with one attached hydrogen (secondary N) is 2. The molecule has 1 rings (SSSR count). The molecular formula is C8H18N2O4S2. The van der Waals surface area contributed by atoms with E-state index in [-0.39, 0.29) is 12.3 Å². The van der Waals surface area contributed by atoms with Crippen molar-refractivity contribution < 1.29 is 16.8 Å². The summed E-state index contributed by atoms with van der Waals surface area (Å²) in [5.41, 5.74) is 0. The van der Waals surface area contributed by atoms with Gasteiger partial charge in [0.15, 0.2) is 0 Å². The Morgan fingerprint density at radius 1 is 1.19 bits per heavy atom. The third-order valence-electron chi connectivity index (χ3n) is 2.50. The van der Waals surface area contributed by atoms with Gasteiger partial charge in [0.1, 0.15) is 9.84 Å². The Morgan fingerprint density at radius 2 is 1.75 bits per heavy atom. The predicted octanol–water partition coefficient (Wildman–Crippen LogP) is -1.30. The van der Waals surface area contributed by atoms with Crippen molar-refractivity contribution in [3.63, 3.8) is 0 Å². The summed E-state index contributed by atoms with van der Waals surface area (Å²) in [6.45, 7) is 1.35. The van der Waals surface area contributed by atoms with Crippen LogP contribution in [0.25, 0.3) is 0 Å². The van der Waals surface area contributed by atoms with Gasteiger partial charge in [-0.05, 0) is 25.9 Å². The molecule has 0 saturated carbocycles. The summed E-state index contributed by atoms with van der Waals surface area (Å²) in [6, 6.07) is 0. The van der Waals surface area contributed by atoms with E-state index in [0.717, 1.165) is 6.26 Å². The molecule has 96 valence electrons. The van der Waals surface area contributed by atoms with E-state index in [1.165, 1.54) is 0 Å². The molecule has 0 aromatic rings. The van der Waals surface area contributed by atoms with Gasteiger partial charge in [-0.1, -0.05) is 0 Å². The third kappa shape index (κ3) is 4.77. The zero-order valence-corrected chi connectivity index (χ0v) is 10.9. The standard InChI is InChI=1S/C8H18N2O4S2/c1-15(11,12)7-6-10-16(13,14)8-2-4-9-5-3-8/h8-10H,2-7H2,1H3. The molecule has 0 aromatic heterocycles. The van der Waals surface area contributed by atoms with Gasteiger partial charge in [0.25, 0.3) is 0 Å². The Kier molecular flexibility index (Phi) is 4.72. The molecular weight excluding hydrogens is 252 g/mol. The van der Waals surface area contributed by atoms with Crippen LogP contribution in [0.4, 0.5) is 0 Å². The number of rotatable bonds is 5. The van der Waals surface area contributed by atoms with E-state index in [1.54, 1.807) is 0 Å². The van der Waals surface area contributed by atoms with Crippen LogP contribution in [-0.4, -0.2) is 53.7 Å². The Bertz CT molecular complexity index is 409. The summed E-state index contributed by atoms with van der Waals surface area (Å²) in [4.78, 5) is 0. The molecule has 1 saturated heterocycles. The second-order valence-corrected chi connectivity index (χ2v) is 8.32. The summed E-state index contributed by atoms with van der Waals surface area (Å²) in [7, 11) is -6.48. The van der Waals surface area contributed by atoms with Crippen LogP contribution in [0.5, 0.6) is 0 Å². The lowest BCUT2D eigenvalue weighted by Gasteiger charge is -2.22. The zero-order chi connectivity index (χ0) is 12.2. The SMILES string of the molecule is CS(=O)(=O)CCNS(=O)(=O)C1CCNCC1. The molecule has 8 heteroatoms. The summed E-state index contributed by atoms with van der Waals surface area (Å²) < 4.78 is 47.5. The van der Waals surface area contributed by atoms with Crippen LogP contribution >= 0.6 is 0 Å². The molecule has 16 heavy (non-hydrogen) atoms. The van der Waals surface area contributed by atoms with E-state index in [9.17, 15) is 16.8 Å². The van der Waals surface area contributed by atoms with Crippen molar-refractivity contribution in [1.82, 2.24) is 10.0 Å². The van der Waals surface area contributed by atoms with Gasteiger partial charge >= 0.3 is 0 Å². The van der Waals surface area contributed by atoms with Gasteiger partial charge in [-0.2, -0.15) is 0 Å². The van der Waals surface area contributed by atoms with Crippen LogP contribution in [0.3, 0.4) is 0 Å². The molecule has 0 atom stereocenters. The van der Waals surface area contributed by atoms with Gasteiger partial charge in [0.2, 0.25) is 10.0 Å². The molecule has 6 nitrogen and oxygen atoms in total. The molecule has 1 fully saturated rings. The van der Waals surface area contributed by atoms with Crippen molar-refractivity contribution in [2.75, 3.05) is 31.6 Å². The smallest absolute Gasteiger partial charge is 0.214 e. The normalized spacial score (nSPS) is 19.8. The number of sulfonamides is 1. The minimum absolute atomic E-state index is 0.0366. The van der Waals surface area contributed by atoms with Gasteiger partial charge in [-0.3, -0.25) is 0 Å². The second-order valence-electron chi connectivity index (χ2n) is 4.02. The highest BCUT2D eigenvalue weighted by Gasteiger charge is 2.26. The Balaban J connectivity index is 2.45. The third-order valence-corrected chi connectivity index (χ3v) is 5.40. The Morgan fingerprint density at radius 3 is 2.25 bits per heavy atom. The minimum atomic E-state index is -3.36. The zero-order valence-electron chi connectivity index (χ0n) is 9.27. The lowest BCUT2D eigenvalue weighted by atomic mass is 10.2. The van der Waals surface area contributed by atoms with Crippen molar-refractivity contribution in [1.29, 1.82) is 0 Å². The van der Waals surface area contributed by atoms with Crippen LogP contribution in [0.15, 0.2) is 0 Å². The van der Waals surface area contributed by atoms with Gasteiger partial charge < -0.3 is 5.32 Å². The first-order valence-electron chi connectivity index (χ1n) is 5.18. The van der Waals surface area contributed by atoms with Gasteiger partial charge in [-0.15, -0.1) is 0 Å². The summed E-state index contributed by atoms with van der Waals surface area (Å²) >= 11 is 0. The first kappa shape index (κ1) is 13.9. The van der Waals surface area contributed by atoms with E-state index < -0.39 is 25.1 Å². The first-order chi connectivity index (χ1) is 7.31. The lowest BCUT2D eigenvalue weighted by molar-refractivity contribution is 0.490. The number of hydrogen-bond acceptors (Lipinski definition) is 5.